The van der Waals surface area contributed by atoms with E-state index < -0.39 is 0 Å². The number of halogens is 2. The summed E-state index contributed by atoms with van der Waals surface area (Å²) in [4.78, 5) is 1.97. The van der Waals surface area contributed by atoms with Crippen LogP contribution in [0, 0.1) is 5.82 Å². The van der Waals surface area contributed by atoms with Crippen LogP contribution in [0.4, 0.5) is 10.1 Å². The van der Waals surface area contributed by atoms with Gasteiger partial charge in [0.25, 0.3) is 0 Å². The number of benzene rings is 2. The average Bonchev–Trinajstić information content (AvgIpc) is 2.47. The maximum atomic E-state index is 13.8. The molecule has 0 spiro atoms. The van der Waals surface area contributed by atoms with Crippen molar-refractivity contribution in [2.75, 3.05) is 19.1 Å². The van der Waals surface area contributed by atoms with E-state index in [2.05, 4.69) is 0 Å². The van der Waals surface area contributed by atoms with Crippen LogP contribution in [0.15, 0.2) is 42.5 Å². The predicted octanol–water partition coefficient (Wildman–Crippen LogP) is 4.21. The van der Waals surface area contributed by atoms with Gasteiger partial charge in [0.2, 0.25) is 0 Å². The molecule has 0 fully saturated rings. The van der Waals surface area contributed by atoms with Gasteiger partial charge in [-0.05, 0) is 18.2 Å². The SMILES string of the molecule is COc1ccccc1CN(C)c1cccc(F)c1CCl. The van der Waals surface area contributed by atoms with Gasteiger partial charge in [0, 0.05) is 30.4 Å². The van der Waals surface area contributed by atoms with Crippen LogP contribution in [-0.4, -0.2) is 14.2 Å². The molecule has 106 valence electrons. The first kappa shape index (κ1) is 14.7. The van der Waals surface area contributed by atoms with Crippen molar-refractivity contribution < 1.29 is 9.13 Å². The molecule has 0 N–H and O–H groups in total. The fraction of sp³-hybridized carbons (Fsp3) is 0.250. The summed E-state index contributed by atoms with van der Waals surface area (Å²) in [6.45, 7) is 0.622. The number of alkyl halides is 1. The number of rotatable bonds is 5. The van der Waals surface area contributed by atoms with Crippen LogP contribution in [0.5, 0.6) is 5.75 Å². The Bertz CT molecular complexity index is 588. The molecule has 0 heterocycles. The average molecular weight is 294 g/mol. The number of anilines is 1. The largest absolute Gasteiger partial charge is 0.496 e. The summed E-state index contributed by atoms with van der Waals surface area (Å²) in [5.74, 6) is 0.700. The van der Waals surface area contributed by atoms with E-state index in [1.165, 1.54) is 6.07 Å². The fourth-order valence-electron chi connectivity index (χ4n) is 2.21. The number of hydrogen-bond donors (Lipinski definition) is 0. The van der Waals surface area contributed by atoms with Gasteiger partial charge < -0.3 is 9.64 Å². The van der Waals surface area contributed by atoms with E-state index in [0.29, 0.717) is 12.1 Å². The summed E-state index contributed by atoms with van der Waals surface area (Å²) >= 11 is 5.85. The summed E-state index contributed by atoms with van der Waals surface area (Å²) in [5.41, 5.74) is 2.36. The molecule has 0 aliphatic rings. The molecule has 0 aliphatic heterocycles. The Kier molecular flexibility index (Phi) is 4.85. The van der Waals surface area contributed by atoms with Crippen LogP contribution in [-0.2, 0) is 12.4 Å². The van der Waals surface area contributed by atoms with Crippen LogP contribution in [0.2, 0.25) is 0 Å². The molecule has 0 amide bonds. The van der Waals surface area contributed by atoms with Crippen molar-refractivity contribution in [2.45, 2.75) is 12.4 Å². The molecule has 0 radical (unpaired) electrons. The number of methoxy groups -OCH3 is 1. The van der Waals surface area contributed by atoms with E-state index in [0.717, 1.165) is 17.0 Å². The molecular formula is C16H17ClFNO. The second-order valence-electron chi connectivity index (χ2n) is 4.54. The predicted molar refractivity (Wildman–Crippen MR) is 81.1 cm³/mol. The molecule has 4 heteroatoms. The molecule has 0 aromatic heterocycles. The number of ether oxygens (including phenoxy) is 1. The molecule has 20 heavy (non-hydrogen) atoms. The van der Waals surface area contributed by atoms with Gasteiger partial charge in [-0.3, -0.25) is 0 Å². The third-order valence-electron chi connectivity index (χ3n) is 3.24. The number of nitrogens with zero attached hydrogens (tertiary/aromatic N) is 1. The van der Waals surface area contributed by atoms with Crippen molar-refractivity contribution in [1.29, 1.82) is 0 Å². The van der Waals surface area contributed by atoms with Crippen molar-refractivity contribution in [1.82, 2.24) is 0 Å². The minimum atomic E-state index is -0.274. The van der Waals surface area contributed by atoms with Crippen molar-refractivity contribution in [2.24, 2.45) is 0 Å². The molecule has 0 saturated heterocycles. The van der Waals surface area contributed by atoms with E-state index in [1.807, 2.05) is 42.3 Å². The lowest BCUT2D eigenvalue weighted by molar-refractivity contribution is 0.409. The second-order valence-corrected chi connectivity index (χ2v) is 4.81. The lowest BCUT2D eigenvalue weighted by Gasteiger charge is -2.23. The molecule has 0 unspecified atom stereocenters. The fourth-order valence-corrected chi connectivity index (χ4v) is 2.48. The third-order valence-corrected chi connectivity index (χ3v) is 3.51. The van der Waals surface area contributed by atoms with Crippen molar-refractivity contribution in [3.8, 4) is 5.75 Å². The highest BCUT2D eigenvalue weighted by Gasteiger charge is 2.12. The Balaban J connectivity index is 2.28. The van der Waals surface area contributed by atoms with Gasteiger partial charge in [-0.1, -0.05) is 24.3 Å². The second kappa shape index (κ2) is 6.62. The molecular weight excluding hydrogens is 277 g/mol. The first-order valence-electron chi connectivity index (χ1n) is 6.33. The Morgan fingerprint density at radius 1 is 1.15 bits per heavy atom. The Hall–Kier alpha value is -1.74. The molecule has 0 saturated carbocycles. The minimum Gasteiger partial charge on any atom is -0.496 e. The van der Waals surface area contributed by atoms with E-state index in [9.17, 15) is 4.39 Å². The van der Waals surface area contributed by atoms with Crippen LogP contribution >= 0.6 is 11.6 Å². The highest BCUT2D eigenvalue weighted by molar-refractivity contribution is 6.17. The quantitative estimate of drug-likeness (QED) is 0.766. The number of hydrogen-bond acceptors (Lipinski definition) is 2. The van der Waals surface area contributed by atoms with Gasteiger partial charge in [0.15, 0.2) is 0 Å². The van der Waals surface area contributed by atoms with E-state index in [-0.39, 0.29) is 11.7 Å². The maximum absolute atomic E-state index is 13.8. The van der Waals surface area contributed by atoms with Crippen LogP contribution in [0.1, 0.15) is 11.1 Å². The summed E-state index contributed by atoms with van der Waals surface area (Å²) in [6.07, 6.45) is 0. The Morgan fingerprint density at radius 3 is 2.60 bits per heavy atom. The third kappa shape index (κ3) is 3.05. The molecule has 0 atom stereocenters. The van der Waals surface area contributed by atoms with E-state index >= 15 is 0 Å². The zero-order valence-electron chi connectivity index (χ0n) is 11.6. The van der Waals surface area contributed by atoms with Gasteiger partial charge in [-0.2, -0.15) is 0 Å². The maximum Gasteiger partial charge on any atom is 0.129 e. The molecule has 2 nitrogen and oxygen atoms in total. The van der Waals surface area contributed by atoms with Crippen LogP contribution in [0.25, 0.3) is 0 Å². The minimum absolute atomic E-state index is 0.151. The lowest BCUT2D eigenvalue weighted by atomic mass is 10.1. The topological polar surface area (TPSA) is 12.5 Å². The van der Waals surface area contributed by atoms with Crippen molar-refractivity contribution in [3.63, 3.8) is 0 Å². The standard InChI is InChI=1S/C16H17ClFNO/c1-19(11-12-6-3-4-9-16(12)20-2)15-8-5-7-14(18)13(15)10-17/h3-9H,10-11H2,1-2H3. The molecule has 2 rings (SSSR count). The van der Waals surface area contributed by atoms with Gasteiger partial charge in [0.1, 0.15) is 11.6 Å². The monoisotopic (exact) mass is 293 g/mol. The molecule has 2 aromatic carbocycles. The van der Waals surface area contributed by atoms with E-state index in [1.54, 1.807) is 13.2 Å². The van der Waals surface area contributed by atoms with Gasteiger partial charge in [-0.25, -0.2) is 4.39 Å². The first-order valence-corrected chi connectivity index (χ1v) is 6.87. The zero-order chi connectivity index (χ0) is 14.5. The first-order chi connectivity index (χ1) is 9.67. The highest BCUT2D eigenvalue weighted by Crippen LogP contribution is 2.27. The smallest absolute Gasteiger partial charge is 0.129 e. The summed E-state index contributed by atoms with van der Waals surface area (Å²) < 4.78 is 19.1. The van der Waals surface area contributed by atoms with E-state index in [4.69, 9.17) is 16.3 Å². The number of para-hydroxylation sites is 1. The lowest BCUT2D eigenvalue weighted by Crippen LogP contribution is -2.18. The summed E-state index contributed by atoms with van der Waals surface area (Å²) in [6, 6.07) is 12.8. The Morgan fingerprint density at radius 2 is 1.90 bits per heavy atom. The van der Waals surface area contributed by atoms with Crippen molar-refractivity contribution >= 4 is 17.3 Å². The van der Waals surface area contributed by atoms with Crippen LogP contribution < -0.4 is 9.64 Å². The Labute approximate surface area is 123 Å². The van der Waals surface area contributed by atoms with Crippen molar-refractivity contribution in [3.05, 3.63) is 59.4 Å². The molecule has 2 aromatic rings. The van der Waals surface area contributed by atoms with Crippen LogP contribution in [0.3, 0.4) is 0 Å². The van der Waals surface area contributed by atoms with Gasteiger partial charge >= 0.3 is 0 Å². The molecule has 0 bridgehead atoms. The van der Waals surface area contributed by atoms with Gasteiger partial charge in [0.05, 0.1) is 13.0 Å². The summed E-state index contributed by atoms with van der Waals surface area (Å²) in [5, 5.41) is 0. The zero-order valence-corrected chi connectivity index (χ0v) is 12.3. The van der Waals surface area contributed by atoms with Gasteiger partial charge in [-0.15, -0.1) is 11.6 Å². The summed E-state index contributed by atoms with van der Waals surface area (Å²) in [7, 11) is 3.56. The molecule has 0 aliphatic carbocycles. The normalized spacial score (nSPS) is 10.4. The highest BCUT2D eigenvalue weighted by atomic mass is 35.5.